The maximum atomic E-state index is 11.7. The average Bonchev–Trinajstić information content (AvgIpc) is 2.28. The van der Waals surface area contributed by atoms with Gasteiger partial charge in [-0.3, -0.25) is 4.79 Å². The normalized spacial score (nSPS) is 9.60. The van der Waals surface area contributed by atoms with Crippen LogP contribution in [-0.4, -0.2) is 4.98 Å². The van der Waals surface area contributed by atoms with E-state index in [9.17, 15) is 4.79 Å². The highest BCUT2D eigenvalue weighted by Gasteiger charge is 1.90. The number of aromatic amines is 1. The van der Waals surface area contributed by atoms with Crippen LogP contribution in [0.2, 0.25) is 0 Å². The van der Waals surface area contributed by atoms with E-state index in [2.05, 4.69) is 4.98 Å². The molecule has 0 saturated carbocycles. The zero-order chi connectivity index (χ0) is 10.5. The minimum Gasteiger partial charge on any atom is -0.361 e. The summed E-state index contributed by atoms with van der Waals surface area (Å²) in [6, 6.07) is 16.3. The highest BCUT2D eigenvalue weighted by atomic mass is 16.1. The number of para-hydroxylation sites is 1. The maximum Gasteiger partial charge on any atom is 0.187 e. The first-order chi connectivity index (χ1) is 7.38. The van der Waals surface area contributed by atoms with Crippen LogP contribution in [0.25, 0.3) is 10.9 Å². The van der Waals surface area contributed by atoms with Crippen LogP contribution in [0.1, 0.15) is 0 Å². The predicted molar refractivity (Wildman–Crippen MR) is 62.2 cm³/mol. The Balaban J connectivity index is 2.92. The number of H-pyrrole nitrogens is 1. The molecule has 0 unspecified atom stereocenters. The van der Waals surface area contributed by atoms with Gasteiger partial charge in [-0.25, -0.2) is 0 Å². The summed E-state index contributed by atoms with van der Waals surface area (Å²) >= 11 is 0. The molecule has 15 heavy (non-hydrogen) atoms. The number of nitrogens with one attached hydrogen (secondary N) is 1. The molecule has 0 aliphatic rings. The highest BCUT2D eigenvalue weighted by molar-refractivity contribution is 5.76. The second kappa shape index (κ2) is 4.42. The number of aromatic nitrogens is 1. The summed E-state index contributed by atoms with van der Waals surface area (Å²) < 4.78 is 0. The molecule has 1 N–H and O–H groups in total. The lowest BCUT2D eigenvalue weighted by molar-refractivity contribution is 1.42. The fraction of sp³-hybridized carbons (Fsp3) is 0. The molecule has 0 aliphatic heterocycles. The van der Waals surface area contributed by atoms with Gasteiger partial charge in [0.1, 0.15) is 0 Å². The lowest BCUT2D eigenvalue weighted by Crippen LogP contribution is -1.95. The Bertz CT molecular complexity index is 570. The summed E-state index contributed by atoms with van der Waals surface area (Å²) in [6.45, 7) is 0. The van der Waals surface area contributed by atoms with Crippen LogP contribution in [0.15, 0.2) is 65.6 Å². The van der Waals surface area contributed by atoms with Crippen LogP contribution >= 0.6 is 0 Å². The molecule has 74 valence electrons. The lowest BCUT2D eigenvalue weighted by Gasteiger charge is -1.90. The van der Waals surface area contributed by atoms with Crippen molar-refractivity contribution in [2.45, 2.75) is 0 Å². The predicted octanol–water partition coefficient (Wildman–Crippen LogP) is 2.65. The Kier molecular flexibility index (Phi) is 2.79. The van der Waals surface area contributed by atoms with Gasteiger partial charge in [-0.05, 0) is 24.3 Å². The quantitative estimate of drug-likeness (QED) is 0.692. The van der Waals surface area contributed by atoms with Gasteiger partial charge in [0, 0.05) is 17.1 Å². The molecule has 1 aromatic heterocycles. The first kappa shape index (κ1) is 9.46. The molecular weight excluding hydrogens is 186 g/mol. The van der Waals surface area contributed by atoms with Gasteiger partial charge in [-0.1, -0.05) is 30.3 Å². The van der Waals surface area contributed by atoms with E-state index in [1.54, 1.807) is 12.1 Å². The number of fused-ring (bicyclic) bond motifs is 1. The highest BCUT2D eigenvalue weighted by Crippen LogP contribution is 2.02. The third-order valence-corrected chi connectivity index (χ3v) is 2.11. The van der Waals surface area contributed by atoms with Crippen molar-refractivity contribution in [3.63, 3.8) is 0 Å². The summed E-state index contributed by atoms with van der Waals surface area (Å²) in [5, 5.41) is 0.689. The third-order valence-electron chi connectivity index (χ3n) is 2.11. The molecule has 2 aromatic rings. The van der Waals surface area contributed by atoms with Crippen LogP contribution in [0.3, 0.4) is 0 Å². The molecule has 0 fully saturated rings. The van der Waals surface area contributed by atoms with Crippen LogP contribution in [0.4, 0.5) is 0 Å². The molecule has 2 heteroatoms. The Morgan fingerprint density at radius 3 is 2.47 bits per heavy atom. The zero-order valence-electron chi connectivity index (χ0n) is 8.18. The van der Waals surface area contributed by atoms with Crippen molar-refractivity contribution in [2.75, 3.05) is 0 Å². The Labute approximate surface area is 87.5 Å². The molecule has 0 amide bonds. The van der Waals surface area contributed by atoms with E-state index in [0.29, 0.717) is 5.39 Å². The van der Waals surface area contributed by atoms with Crippen molar-refractivity contribution in [1.82, 2.24) is 4.98 Å². The SMILES string of the molecule is O=c1cccccc[nH]c2ccccc12. The van der Waals surface area contributed by atoms with Gasteiger partial charge in [0.25, 0.3) is 0 Å². The van der Waals surface area contributed by atoms with Crippen LogP contribution < -0.4 is 5.43 Å². The summed E-state index contributed by atoms with van der Waals surface area (Å²) in [5.41, 5.74) is 0.844. The molecule has 1 aromatic carbocycles. The molecule has 1 heterocycles. The topological polar surface area (TPSA) is 32.9 Å². The van der Waals surface area contributed by atoms with Crippen molar-refractivity contribution in [1.29, 1.82) is 0 Å². The first-order valence-electron chi connectivity index (χ1n) is 4.78. The minimum absolute atomic E-state index is 0.0121. The monoisotopic (exact) mass is 197 g/mol. The van der Waals surface area contributed by atoms with Crippen LogP contribution in [0.5, 0.6) is 0 Å². The summed E-state index contributed by atoms with van der Waals surface area (Å²) in [6.07, 6.45) is 1.81. The molecule has 0 saturated heterocycles. The summed E-state index contributed by atoms with van der Waals surface area (Å²) in [5.74, 6) is 0. The van der Waals surface area contributed by atoms with E-state index in [0.717, 1.165) is 5.52 Å². The van der Waals surface area contributed by atoms with Gasteiger partial charge >= 0.3 is 0 Å². The van der Waals surface area contributed by atoms with E-state index in [4.69, 9.17) is 0 Å². The maximum absolute atomic E-state index is 11.7. The number of rotatable bonds is 0. The Morgan fingerprint density at radius 1 is 0.800 bits per heavy atom. The second-order valence-electron chi connectivity index (χ2n) is 3.16. The molecule has 2 rings (SSSR count). The largest absolute Gasteiger partial charge is 0.361 e. The summed E-state index contributed by atoms with van der Waals surface area (Å²) in [4.78, 5) is 14.8. The second-order valence-corrected chi connectivity index (χ2v) is 3.16. The molecule has 0 spiro atoms. The number of hydrogen-bond donors (Lipinski definition) is 1. The van der Waals surface area contributed by atoms with Crippen molar-refractivity contribution < 1.29 is 0 Å². The number of benzene rings is 1. The Morgan fingerprint density at radius 2 is 1.53 bits per heavy atom. The standard InChI is InChI=1S/C13H11NO/c15-13-9-3-1-2-6-10-14-12-8-5-4-7-11(12)13/h1-10,14H. The van der Waals surface area contributed by atoms with Crippen molar-refractivity contribution in [3.8, 4) is 0 Å². The molecule has 0 bridgehead atoms. The molecule has 0 aliphatic carbocycles. The van der Waals surface area contributed by atoms with E-state index in [1.807, 2.05) is 48.7 Å². The van der Waals surface area contributed by atoms with Gasteiger partial charge in [-0.2, -0.15) is 0 Å². The lowest BCUT2D eigenvalue weighted by atomic mass is 10.2. The van der Waals surface area contributed by atoms with Crippen molar-refractivity contribution in [2.24, 2.45) is 0 Å². The summed E-state index contributed by atoms with van der Waals surface area (Å²) in [7, 11) is 0. The van der Waals surface area contributed by atoms with Gasteiger partial charge in [0.15, 0.2) is 5.43 Å². The van der Waals surface area contributed by atoms with E-state index in [1.165, 1.54) is 0 Å². The van der Waals surface area contributed by atoms with Gasteiger partial charge < -0.3 is 4.98 Å². The third kappa shape index (κ3) is 2.23. The van der Waals surface area contributed by atoms with Gasteiger partial charge in [-0.15, -0.1) is 0 Å². The number of hydrogen-bond acceptors (Lipinski definition) is 1. The van der Waals surface area contributed by atoms with E-state index >= 15 is 0 Å². The average molecular weight is 197 g/mol. The Hall–Kier alpha value is -2.09. The first-order valence-corrected chi connectivity index (χ1v) is 4.78. The molecular formula is C13H11NO. The van der Waals surface area contributed by atoms with Crippen molar-refractivity contribution >= 4 is 10.9 Å². The van der Waals surface area contributed by atoms with Crippen LogP contribution in [-0.2, 0) is 0 Å². The fourth-order valence-electron chi connectivity index (χ4n) is 1.38. The zero-order valence-corrected chi connectivity index (χ0v) is 8.18. The molecule has 0 atom stereocenters. The van der Waals surface area contributed by atoms with E-state index < -0.39 is 0 Å². The van der Waals surface area contributed by atoms with Crippen LogP contribution in [0, 0.1) is 0 Å². The fourth-order valence-corrected chi connectivity index (χ4v) is 1.38. The van der Waals surface area contributed by atoms with Crippen molar-refractivity contribution in [3.05, 3.63) is 71.0 Å². The van der Waals surface area contributed by atoms with Gasteiger partial charge in [0.2, 0.25) is 0 Å². The smallest absolute Gasteiger partial charge is 0.187 e. The molecule has 0 radical (unpaired) electrons. The van der Waals surface area contributed by atoms with E-state index in [-0.39, 0.29) is 5.43 Å². The molecule has 2 nitrogen and oxygen atoms in total. The minimum atomic E-state index is 0.0121. The van der Waals surface area contributed by atoms with Gasteiger partial charge in [0.05, 0.1) is 0 Å².